The van der Waals surface area contributed by atoms with Gasteiger partial charge in [-0.25, -0.2) is 19.2 Å². The lowest BCUT2D eigenvalue weighted by atomic mass is 10.1. The normalized spacial score (nSPS) is 13.2. The molecule has 0 heterocycles. The summed E-state index contributed by atoms with van der Waals surface area (Å²) in [7, 11) is -3.32. The van der Waals surface area contributed by atoms with E-state index in [1.807, 2.05) is 20.8 Å². The molecular formula is C9H14NO2S-. The van der Waals surface area contributed by atoms with Crippen LogP contribution in [0, 0.1) is 0 Å². The minimum atomic E-state index is -3.32. The molecule has 0 spiro atoms. The highest BCUT2D eigenvalue weighted by Gasteiger charge is 2.18. The Hall–Kier alpha value is -0.740. The number of hydrogen-bond donors (Lipinski definition) is 1. The topological polar surface area (TPSA) is 46.2 Å². The fraction of sp³-hybridized carbons (Fsp3) is 0.444. The van der Waals surface area contributed by atoms with Gasteiger partial charge < -0.3 is 0 Å². The van der Waals surface area contributed by atoms with E-state index >= 15 is 0 Å². The van der Waals surface area contributed by atoms with Crippen LogP contribution in [0.3, 0.4) is 0 Å². The Labute approximate surface area is 79.2 Å². The minimum absolute atomic E-state index is 0.322. The van der Waals surface area contributed by atoms with Gasteiger partial charge in [0, 0.05) is 5.54 Å². The van der Waals surface area contributed by atoms with Crippen molar-refractivity contribution < 1.29 is 8.42 Å². The Morgan fingerprint density at radius 2 is 2.00 bits per heavy atom. The molecule has 0 fully saturated rings. The predicted molar refractivity (Wildman–Crippen MR) is 52.1 cm³/mol. The smallest absolute Gasteiger partial charge is 0.212 e. The zero-order valence-electron chi connectivity index (χ0n) is 8.03. The monoisotopic (exact) mass is 200 g/mol. The first-order valence-corrected chi connectivity index (χ1v) is 5.55. The molecule has 1 aromatic rings. The van der Waals surface area contributed by atoms with E-state index in [2.05, 4.69) is 4.72 Å². The van der Waals surface area contributed by atoms with Gasteiger partial charge in [0.05, 0.1) is 0 Å². The Bertz CT molecular complexity index is 357. The number of sulfonamides is 1. The second kappa shape index (κ2) is 3.20. The zero-order valence-corrected chi connectivity index (χ0v) is 8.85. The lowest BCUT2D eigenvalue weighted by molar-refractivity contribution is 0.491. The van der Waals surface area contributed by atoms with Gasteiger partial charge in [0.15, 0.2) is 0 Å². The van der Waals surface area contributed by atoms with Gasteiger partial charge in [0.25, 0.3) is 0 Å². The highest BCUT2D eigenvalue weighted by atomic mass is 32.2. The van der Waals surface area contributed by atoms with Crippen LogP contribution < -0.4 is 4.72 Å². The average molecular weight is 200 g/mol. The van der Waals surface area contributed by atoms with E-state index in [1.54, 1.807) is 24.3 Å². The van der Waals surface area contributed by atoms with Crippen LogP contribution in [0.15, 0.2) is 29.2 Å². The number of nitrogens with one attached hydrogen (secondary N) is 1. The quantitative estimate of drug-likeness (QED) is 0.735. The van der Waals surface area contributed by atoms with Gasteiger partial charge in [0.1, 0.15) is 0 Å². The van der Waals surface area contributed by atoms with E-state index in [1.165, 1.54) is 0 Å². The molecule has 0 bridgehead atoms. The molecule has 0 saturated carbocycles. The third-order valence-electron chi connectivity index (χ3n) is 1.38. The van der Waals surface area contributed by atoms with Gasteiger partial charge in [-0.1, -0.05) is 0 Å². The van der Waals surface area contributed by atoms with Gasteiger partial charge >= 0.3 is 0 Å². The van der Waals surface area contributed by atoms with Crippen molar-refractivity contribution in [3.63, 3.8) is 0 Å². The molecular weight excluding hydrogens is 186 g/mol. The molecule has 3 nitrogen and oxygen atoms in total. The molecule has 0 atom stereocenters. The highest BCUT2D eigenvalue weighted by Crippen LogP contribution is 2.12. The molecule has 0 aliphatic heterocycles. The summed E-state index contributed by atoms with van der Waals surface area (Å²) in [6.45, 7) is 5.44. The second-order valence-electron chi connectivity index (χ2n) is 3.98. The van der Waals surface area contributed by atoms with E-state index in [4.69, 9.17) is 0 Å². The highest BCUT2D eigenvalue weighted by molar-refractivity contribution is 7.89. The lowest BCUT2D eigenvalue weighted by Gasteiger charge is -2.21. The number of hydrogen-bond acceptors (Lipinski definition) is 2. The van der Waals surface area contributed by atoms with Gasteiger partial charge in [-0.15, -0.1) is 0 Å². The van der Waals surface area contributed by atoms with Gasteiger partial charge in [-0.2, -0.15) is 18.2 Å². The average Bonchev–Trinajstić information content (AvgIpc) is 2.29. The SMILES string of the molecule is CC(C)(C)NS(=O)(=O)c1ccc[cH-]1. The van der Waals surface area contributed by atoms with Crippen molar-refractivity contribution in [1.82, 2.24) is 4.72 Å². The van der Waals surface area contributed by atoms with Crippen LogP contribution >= 0.6 is 0 Å². The van der Waals surface area contributed by atoms with Crippen LogP contribution in [0.2, 0.25) is 0 Å². The van der Waals surface area contributed by atoms with Crippen molar-refractivity contribution in [2.75, 3.05) is 0 Å². The fourth-order valence-electron chi connectivity index (χ4n) is 0.998. The third-order valence-corrected chi connectivity index (χ3v) is 3.16. The summed E-state index contributed by atoms with van der Waals surface area (Å²) in [6.07, 6.45) is 0. The van der Waals surface area contributed by atoms with Crippen LogP contribution in [-0.2, 0) is 10.0 Å². The largest absolute Gasteiger partial charge is 0.217 e. The van der Waals surface area contributed by atoms with Crippen molar-refractivity contribution in [2.45, 2.75) is 31.2 Å². The summed E-state index contributed by atoms with van der Waals surface area (Å²) in [4.78, 5) is 0.322. The fourth-order valence-corrected chi connectivity index (χ4v) is 2.44. The van der Waals surface area contributed by atoms with E-state index in [0.717, 1.165) is 0 Å². The molecule has 0 amide bonds. The first-order valence-electron chi connectivity index (χ1n) is 4.07. The maximum atomic E-state index is 11.6. The van der Waals surface area contributed by atoms with Crippen LogP contribution in [0.4, 0.5) is 0 Å². The van der Waals surface area contributed by atoms with Crippen molar-refractivity contribution in [1.29, 1.82) is 0 Å². The molecule has 1 rings (SSSR count). The van der Waals surface area contributed by atoms with E-state index in [-0.39, 0.29) is 0 Å². The summed E-state index contributed by atoms with van der Waals surface area (Å²) in [5.74, 6) is 0. The molecule has 0 aromatic heterocycles. The third kappa shape index (κ3) is 2.90. The Kier molecular flexibility index (Phi) is 2.54. The van der Waals surface area contributed by atoms with Crippen LogP contribution in [-0.4, -0.2) is 14.0 Å². The van der Waals surface area contributed by atoms with E-state index in [9.17, 15) is 8.42 Å². The first kappa shape index (κ1) is 10.3. The molecule has 0 aliphatic carbocycles. The maximum absolute atomic E-state index is 11.6. The van der Waals surface area contributed by atoms with Crippen molar-refractivity contribution in [3.8, 4) is 0 Å². The molecule has 4 heteroatoms. The van der Waals surface area contributed by atoms with Crippen molar-refractivity contribution >= 4 is 10.0 Å². The van der Waals surface area contributed by atoms with E-state index in [0.29, 0.717) is 4.90 Å². The predicted octanol–water partition coefficient (Wildman–Crippen LogP) is 1.48. The summed E-state index contributed by atoms with van der Waals surface area (Å²) < 4.78 is 25.8. The maximum Gasteiger partial charge on any atom is 0.217 e. The van der Waals surface area contributed by atoms with Crippen LogP contribution in [0.5, 0.6) is 0 Å². The van der Waals surface area contributed by atoms with Crippen LogP contribution in [0.25, 0.3) is 0 Å². The summed E-state index contributed by atoms with van der Waals surface area (Å²) in [6, 6.07) is 6.57. The molecule has 0 unspecified atom stereocenters. The Morgan fingerprint density at radius 3 is 2.38 bits per heavy atom. The Morgan fingerprint density at radius 1 is 1.38 bits per heavy atom. The summed E-state index contributed by atoms with van der Waals surface area (Å²) >= 11 is 0. The van der Waals surface area contributed by atoms with Gasteiger partial charge in [-0.05, 0) is 25.7 Å². The molecule has 0 aliphatic rings. The van der Waals surface area contributed by atoms with E-state index < -0.39 is 15.6 Å². The number of rotatable bonds is 2. The van der Waals surface area contributed by atoms with Crippen LogP contribution in [0.1, 0.15) is 20.8 Å². The molecule has 0 saturated heterocycles. The van der Waals surface area contributed by atoms with Gasteiger partial charge in [0.2, 0.25) is 10.0 Å². The Balaban J connectivity index is 2.93. The zero-order chi connectivity index (χ0) is 10.1. The summed E-state index contributed by atoms with van der Waals surface area (Å²) in [5, 5.41) is 0. The lowest BCUT2D eigenvalue weighted by Crippen LogP contribution is -2.40. The molecule has 1 aromatic carbocycles. The standard InChI is InChI=1S/C9H14NO2S/c1-9(2,3)10-13(11,12)8-6-4-5-7-8/h4-7,10H,1-3H3/q-1. The van der Waals surface area contributed by atoms with Gasteiger partial charge in [-0.3, -0.25) is 0 Å². The van der Waals surface area contributed by atoms with Crippen molar-refractivity contribution in [3.05, 3.63) is 24.3 Å². The second-order valence-corrected chi connectivity index (χ2v) is 5.66. The summed E-state index contributed by atoms with van der Waals surface area (Å²) in [5.41, 5.74) is -0.434. The molecule has 74 valence electrons. The minimum Gasteiger partial charge on any atom is -0.212 e. The molecule has 13 heavy (non-hydrogen) atoms. The molecule has 0 radical (unpaired) electrons. The molecule has 1 N–H and O–H groups in total. The first-order chi connectivity index (χ1) is 5.81. The van der Waals surface area contributed by atoms with Crippen molar-refractivity contribution in [2.24, 2.45) is 0 Å².